The molecule has 0 aromatic heterocycles. The average molecular weight is 323 g/mol. The lowest BCUT2D eigenvalue weighted by molar-refractivity contribution is -0.164. The van der Waals surface area contributed by atoms with Crippen LogP contribution in [-0.4, -0.2) is 67.7 Å². The van der Waals surface area contributed by atoms with Gasteiger partial charge in [-0.15, -0.1) is 0 Å². The fourth-order valence-corrected chi connectivity index (χ4v) is 5.44. The number of amides is 1. The first-order valence-corrected chi connectivity index (χ1v) is 9.32. The van der Waals surface area contributed by atoms with Crippen molar-refractivity contribution in [3.05, 3.63) is 0 Å². The standard InChI is InChI=1S/C18H33N3O2/c1-17(16(19)22)7-3-4-8-18(17,15-6-5-13-23-14-15)21-11-9-20(2)10-12-21/h15H,3-14H2,1-2H3,(H2,19,22). The van der Waals surface area contributed by atoms with Gasteiger partial charge in [0.1, 0.15) is 0 Å². The van der Waals surface area contributed by atoms with Crippen molar-refractivity contribution in [1.82, 2.24) is 9.80 Å². The highest BCUT2D eigenvalue weighted by molar-refractivity contribution is 5.82. The predicted molar refractivity (Wildman–Crippen MR) is 91.1 cm³/mol. The van der Waals surface area contributed by atoms with Crippen LogP contribution in [0.25, 0.3) is 0 Å². The fourth-order valence-electron chi connectivity index (χ4n) is 5.44. The predicted octanol–water partition coefficient (Wildman–Crippen LogP) is 1.46. The molecule has 3 aliphatic rings. The van der Waals surface area contributed by atoms with Crippen LogP contribution in [0.15, 0.2) is 0 Å². The summed E-state index contributed by atoms with van der Waals surface area (Å²) in [5.74, 6) is 0.319. The van der Waals surface area contributed by atoms with E-state index in [-0.39, 0.29) is 11.4 Å². The monoisotopic (exact) mass is 323 g/mol. The van der Waals surface area contributed by atoms with Crippen molar-refractivity contribution in [2.24, 2.45) is 17.1 Å². The van der Waals surface area contributed by atoms with Crippen molar-refractivity contribution in [3.8, 4) is 0 Å². The molecule has 3 rings (SSSR count). The Bertz CT molecular complexity index is 430. The van der Waals surface area contributed by atoms with Gasteiger partial charge in [-0.2, -0.15) is 0 Å². The van der Waals surface area contributed by atoms with Crippen LogP contribution in [-0.2, 0) is 9.53 Å². The molecule has 1 aliphatic carbocycles. The summed E-state index contributed by atoms with van der Waals surface area (Å²) in [6.07, 6.45) is 6.59. The number of primary amides is 1. The molecule has 0 radical (unpaired) electrons. The summed E-state index contributed by atoms with van der Waals surface area (Å²) < 4.78 is 5.86. The summed E-state index contributed by atoms with van der Waals surface area (Å²) in [5.41, 5.74) is 5.45. The third kappa shape index (κ3) is 2.81. The van der Waals surface area contributed by atoms with Crippen LogP contribution in [0, 0.1) is 11.3 Å². The van der Waals surface area contributed by atoms with E-state index < -0.39 is 5.41 Å². The molecule has 132 valence electrons. The van der Waals surface area contributed by atoms with Gasteiger partial charge in [0.2, 0.25) is 5.91 Å². The van der Waals surface area contributed by atoms with Gasteiger partial charge >= 0.3 is 0 Å². The zero-order valence-corrected chi connectivity index (χ0v) is 14.9. The Morgan fingerprint density at radius 1 is 1.13 bits per heavy atom. The first-order valence-electron chi connectivity index (χ1n) is 9.32. The Labute approximate surface area is 140 Å². The second-order valence-electron chi connectivity index (χ2n) is 8.03. The topological polar surface area (TPSA) is 58.8 Å². The van der Waals surface area contributed by atoms with E-state index in [9.17, 15) is 4.79 Å². The summed E-state index contributed by atoms with van der Waals surface area (Å²) in [6.45, 7) is 8.01. The highest BCUT2D eigenvalue weighted by Gasteiger charge is 2.60. The molecule has 0 spiro atoms. The smallest absolute Gasteiger partial charge is 0.225 e. The summed E-state index contributed by atoms with van der Waals surface area (Å²) in [4.78, 5) is 17.6. The van der Waals surface area contributed by atoms with Gasteiger partial charge in [-0.25, -0.2) is 0 Å². The van der Waals surface area contributed by atoms with Crippen LogP contribution in [0.5, 0.6) is 0 Å². The number of carbonyl (C=O) groups is 1. The Kier molecular flexibility index (Phi) is 5.00. The number of hydrogen-bond donors (Lipinski definition) is 1. The molecule has 2 heterocycles. The number of hydrogen-bond acceptors (Lipinski definition) is 4. The lowest BCUT2D eigenvalue weighted by atomic mass is 9.54. The highest BCUT2D eigenvalue weighted by Crippen LogP contribution is 2.53. The molecule has 5 nitrogen and oxygen atoms in total. The summed E-state index contributed by atoms with van der Waals surface area (Å²) in [7, 11) is 2.18. The molecule has 2 aliphatic heterocycles. The van der Waals surface area contributed by atoms with Gasteiger partial charge in [-0.1, -0.05) is 12.8 Å². The molecular formula is C18H33N3O2. The summed E-state index contributed by atoms with van der Waals surface area (Å²) >= 11 is 0. The molecule has 3 atom stereocenters. The molecule has 2 N–H and O–H groups in total. The Balaban J connectivity index is 1.99. The van der Waals surface area contributed by atoms with Crippen LogP contribution in [0.4, 0.5) is 0 Å². The number of carbonyl (C=O) groups excluding carboxylic acids is 1. The largest absolute Gasteiger partial charge is 0.381 e. The van der Waals surface area contributed by atoms with Crippen molar-refractivity contribution >= 4 is 5.91 Å². The molecule has 3 unspecified atom stereocenters. The zero-order chi connectivity index (χ0) is 16.5. The SMILES string of the molecule is CN1CCN(C2(C3CCCOC3)CCCCC2(C)C(N)=O)CC1. The van der Waals surface area contributed by atoms with Gasteiger partial charge in [0.15, 0.2) is 0 Å². The number of nitrogens with zero attached hydrogens (tertiary/aromatic N) is 2. The maximum atomic E-state index is 12.6. The molecule has 2 saturated heterocycles. The van der Waals surface area contributed by atoms with Crippen LogP contribution in [0.2, 0.25) is 0 Å². The third-order valence-electron chi connectivity index (χ3n) is 6.89. The van der Waals surface area contributed by atoms with E-state index in [1.165, 1.54) is 6.42 Å². The molecule has 1 saturated carbocycles. The number of likely N-dealkylation sites (N-methyl/N-ethyl adjacent to an activating group) is 1. The van der Waals surface area contributed by atoms with E-state index in [2.05, 4.69) is 23.8 Å². The minimum absolute atomic E-state index is 0.110. The van der Waals surface area contributed by atoms with E-state index in [1.807, 2.05) is 0 Å². The van der Waals surface area contributed by atoms with Crippen LogP contribution in [0.1, 0.15) is 45.4 Å². The number of nitrogens with two attached hydrogens (primary N) is 1. The number of piperazine rings is 1. The van der Waals surface area contributed by atoms with Gasteiger partial charge in [-0.05, 0) is 39.7 Å². The van der Waals surface area contributed by atoms with Crippen molar-refractivity contribution in [2.75, 3.05) is 46.4 Å². The summed E-state index contributed by atoms with van der Waals surface area (Å²) in [6, 6.07) is 0. The minimum atomic E-state index is -0.438. The Hall–Kier alpha value is -0.650. The van der Waals surface area contributed by atoms with Gasteiger partial charge in [0.25, 0.3) is 0 Å². The normalized spacial score (nSPS) is 40.9. The van der Waals surface area contributed by atoms with Gasteiger partial charge < -0.3 is 15.4 Å². The van der Waals surface area contributed by atoms with E-state index in [0.29, 0.717) is 5.92 Å². The van der Waals surface area contributed by atoms with Crippen LogP contribution >= 0.6 is 0 Å². The van der Waals surface area contributed by atoms with E-state index in [4.69, 9.17) is 10.5 Å². The fraction of sp³-hybridized carbons (Fsp3) is 0.944. The molecule has 0 aromatic carbocycles. The molecule has 3 fully saturated rings. The van der Waals surface area contributed by atoms with Gasteiger partial charge in [0, 0.05) is 44.2 Å². The van der Waals surface area contributed by atoms with Crippen molar-refractivity contribution in [2.45, 2.75) is 51.0 Å². The Morgan fingerprint density at radius 3 is 2.43 bits per heavy atom. The lowest BCUT2D eigenvalue weighted by Gasteiger charge is -2.61. The van der Waals surface area contributed by atoms with Gasteiger partial charge in [-0.3, -0.25) is 9.69 Å². The first-order chi connectivity index (χ1) is 11.0. The maximum absolute atomic E-state index is 12.6. The maximum Gasteiger partial charge on any atom is 0.225 e. The first kappa shape index (κ1) is 17.2. The van der Waals surface area contributed by atoms with Crippen LogP contribution < -0.4 is 5.73 Å². The van der Waals surface area contributed by atoms with Gasteiger partial charge in [0.05, 0.1) is 12.0 Å². The number of rotatable bonds is 3. The molecule has 0 aromatic rings. The lowest BCUT2D eigenvalue weighted by Crippen LogP contribution is -2.71. The molecule has 23 heavy (non-hydrogen) atoms. The molecule has 5 heteroatoms. The molecule has 1 amide bonds. The highest BCUT2D eigenvalue weighted by atomic mass is 16.5. The number of ether oxygens (including phenoxy) is 1. The van der Waals surface area contributed by atoms with Crippen LogP contribution in [0.3, 0.4) is 0 Å². The third-order valence-corrected chi connectivity index (χ3v) is 6.89. The second kappa shape index (κ2) is 6.69. The van der Waals surface area contributed by atoms with E-state index in [1.54, 1.807) is 0 Å². The zero-order valence-electron chi connectivity index (χ0n) is 14.9. The second-order valence-corrected chi connectivity index (χ2v) is 8.03. The quantitative estimate of drug-likeness (QED) is 0.854. The average Bonchev–Trinajstić information content (AvgIpc) is 2.57. The van der Waals surface area contributed by atoms with Crippen molar-refractivity contribution < 1.29 is 9.53 Å². The van der Waals surface area contributed by atoms with E-state index in [0.717, 1.165) is 71.5 Å². The van der Waals surface area contributed by atoms with E-state index >= 15 is 0 Å². The van der Waals surface area contributed by atoms with Crippen molar-refractivity contribution in [1.29, 1.82) is 0 Å². The molecular weight excluding hydrogens is 290 g/mol. The van der Waals surface area contributed by atoms with Crippen molar-refractivity contribution in [3.63, 3.8) is 0 Å². The molecule has 0 bridgehead atoms. The Morgan fingerprint density at radius 2 is 1.83 bits per heavy atom. The summed E-state index contributed by atoms with van der Waals surface area (Å²) in [5, 5.41) is 0. The minimum Gasteiger partial charge on any atom is -0.381 e.